The Morgan fingerprint density at radius 1 is 1.11 bits per heavy atom. The van der Waals surface area contributed by atoms with Crippen LogP contribution in [0.3, 0.4) is 0 Å². The standard InChI is InChI=1S/C20H16Cl2N2O3/c1-26-20(25)14-7-5-13(6-8-14)19-10-9-15(27-19)11-23-24-12-16-17(21)3-2-4-18(16)22/h2-11,24H,12H2,1H3/b23-11-. The average Bonchev–Trinajstić information content (AvgIpc) is 3.15. The van der Waals surface area contributed by atoms with Gasteiger partial charge < -0.3 is 14.6 Å². The summed E-state index contributed by atoms with van der Waals surface area (Å²) in [6.45, 7) is 0.400. The van der Waals surface area contributed by atoms with Crippen LogP contribution >= 0.6 is 23.2 Å². The number of rotatable bonds is 6. The Kier molecular flexibility index (Phi) is 6.16. The van der Waals surface area contributed by atoms with Crippen molar-refractivity contribution in [1.82, 2.24) is 5.43 Å². The van der Waals surface area contributed by atoms with E-state index < -0.39 is 0 Å². The van der Waals surface area contributed by atoms with E-state index in [4.69, 9.17) is 27.6 Å². The predicted octanol–water partition coefficient (Wildman–Crippen LogP) is 5.16. The molecule has 0 spiro atoms. The first-order valence-corrected chi connectivity index (χ1v) is 8.81. The van der Waals surface area contributed by atoms with E-state index in [2.05, 4.69) is 15.3 Å². The molecule has 1 heterocycles. The van der Waals surface area contributed by atoms with Gasteiger partial charge in [-0.3, -0.25) is 0 Å². The zero-order chi connectivity index (χ0) is 19.2. The van der Waals surface area contributed by atoms with Gasteiger partial charge in [-0.2, -0.15) is 5.10 Å². The van der Waals surface area contributed by atoms with E-state index in [-0.39, 0.29) is 5.97 Å². The van der Waals surface area contributed by atoms with Crippen LogP contribution in [0.2, 0.25) is 10.0 Å². The van der Waals surface area contributed by atoms with E-state index >= 15 is 0 Å². The lowest BCUT2D eigenvalue weighted by molar-refractivity contribution is 0.0600. The summed E-state index contributed by atoms with van der Waals surface area (Å²) in [5.41, 5.74) is 5.01. The maximum atomic E-state index is 11.5. The van der Waals surface area contributed by atoms with Crippen molar-refractivity contribution in [1.29, 1.82) is 0 Å². The average molecular weight is 403 g/mol. The summed E-state index contributed by atoms with van der Waals surface area (Å²) in [6, 6.07) is 15.9. The van der Waals surface area contributed by atoms with Crippen LogP contribution in [0.5, 0.6) is 0 Å². The molecule has 27 heavy (non-hydrogen) atoms. The molecule has 0 bridgehead atoms. The summed E-state index contributed by atoms with van der Waals surface area (Å²) in [5, 5.41) is 5.30. The molecular formula is C20H16Cl2N2O3. The molecule has 0 fully saturated rings. The highest BCUT2D eigenvalue weighted by Crippen LogP contribution is 2.24. The fraction of sp³-hybridized carbons (Fsp3) is 0.100. The summed E-state index contributed by atoms with van der Waals surface area (Å²) in [5.74, 6) is 0.875. The molecule has 5 nitrogen and oxygen atoms in total. The molecule has 0 radical (unpaired) electrons. The second-order valence-corrected chi connectivity index (χ2v) is 6.38. The Morgan fingerprint density at radius 3 is 2.48 bits per heavy atom. The third-order valence-corrected chi connectivity index (χ3v) is 4.53. The van der Waals surface area contributed by atoms with Crippen molar-refractivity contribution in [2.24, 2.45) is 5.10 Å². The first-order valence-electron chi connectivity index (χ1n) is 8.06. The van der Waals surface area contributed by atoms with Gasteiger partial charge >= 0.3 is 5.97 Å². The van der Waals surface area contributed by atoms with Crippen molar-refractivity contribution >= 4 is 35.4 Å². The third-order valence-electron chi connectivity index (χ3n) is 3.82. The van der Waals surface area contributed by atoms with Gasteiger partial charge in [0, 0.05) is 21.2 Å². The Bertz CT molecular complexity index is 945. The van der Waals surface area contributed by atoms with Crippen LogP contribution in [0.15, 0.2) is 64.1 Å². The van der Waals surface area contributed by atoms with E-state index in [1.807, 2.05) is 6.07 Å². The number of nitrogens with zero attached hydrogens (tertiary/aromatic N) is 1. The molecule has 7 heteroatoms. The summed E-state index contributed by atoms with van der Waals surface area (Å²) >= 11 is 12.2. The van der Waals surface area contributed by atoms with Crippen molar-refractivity contribution in [3.8, 4) is 11.3 Å². The van der Waals surface area contributed by atoms with Crippen molar-refractivity contribution < 1.29 is 13.9 Å². The number of esters is 1. The highest BCUT2D eigenvalue weighted by molar-refractivity contribution is 6.35. The van der Waals surface area contributed by atoms with E-state index in [0.717, 1.165) is 11.1 Å². The quantitative estimate of drug-likeness (QED) is 0.351. The molecule has 0 amide bonds. The minimum atomic E-state index is -0.376. The van der Waals surface area contributed by atoms with Crippen LogP contribution in [0, 0.1) is 0 Å². The SMILES string of the molecule is COC(=O)c1ccc(-c2ccc(/C=N\NCc3c(Cl)cccc3Cl)o2)cc1. The second-order valence-electron chi connectivity index (χ2n) is 5.56. The van der Waals surface area contributed by atoms with E-state index in [0.29, 0.717) is 33.7 Å². The van der Waals surface area contributed by atoms with E-state index in [9.17, 15) is 4.79 Å². The maximum Gasteiger partial charge on any atom is 0.337 e. The zero-order valence-electron chi connectivity index (χ0n) is 14.4. The first-order chi connectivity index (χ1) is 13.1. The highest BCUT2D eigenvalue weighted by Gasteiger charge is 2.08. The predicted molar refractivity (Wildman–Crippen MR) is 106 cm³/mol. The van der Waals surface area contributed by atoms with E-state index in [1.54, 1.807) is 54.7 Å². The van der Waals surface area contributed by atoms with Crippen LogP contribution in [0.25, 0.3) is 11.3 Å². The second kappa shape index (κ2) is 8.75. The van der Waals surface area contributed by atoms with Crippen molar-refractivity contribution in [2.45, 2.75) is 6.54 Å². The molecule has 2 aromatic carbocycles. The van der Waals surface area contributed by atoms with Gasteiger partial charge in [0.25, 0.3) is 0 Å². The van der Waals surface area contributed by atoms with Crippen molar-refractivity contribution in [3.05, 3.63) is 81.5 Å². The molecule has 0 atom stereocenters. The number of carbonyl (C=O) groups is 1. The molecule has 0 aliphatic carbocycles. The number of nitrogens with one attached hydrogen (secondary N) is 1. The smallest absolute Gasteiger partial charge is 0.337 e. The fourth-order valence-corrected chi connectivity index (χ4v) is 2.93. The first kappa shape index (κ1) is 19.0. The van der Waals surface area contributed by atoms with E-state index in [1.165, 1.54) is 7.11 Å². The van der Waals surface area contributed by atoms with Crippen LogP contribution in [-0.2, 0) is 11.3 Å². The topological polar surface area (TPSA) is 63.8 Å². The van der Waals surface area contributed by atoms with Crippen LogP contribution in [0.1, 0.15) is 21.7 Å². The number of ether oxygens (including phenoxy) is 1. The molecule has 3 aromatic rings. The molecule has 0 saturated heterocycles. The number of hydrazone groups is 1. The van der Waals surface area contributed by atoms with Crippen molar-refractivity contribution in [3.63, 3.8) is 0 Å². The maximum absolute atomic E-state index is 11.5. The summed E-state index contributed by atoms with van der Waals surface area (Å²) in [6.07, 6.45) is 1.57. The summed E-state index contributed by atoms with van der Waals surface area (Å²) in [7, 11) is 1.35. The summed E-state index contributed by atoms with van der Waals surface area (Å²) in [4.78, 5) is 11.5. The van der Waals surface area contributed by atoms with Crippen molar-refractivity contribution in [2.75, 3.05) is 7.11 Å². The third kappa shape index (κ3) is 4.70. The van der Waals surface area contributed by atoms with Crippen LogP contribution in [-0.4, -0.2) is 19.3 Å². The number of furan rings is 1. The van der Waals surface area contributed by atoms with Gasteiger partial charge in [-0.15, -0.1) is 0 Å². The molecule has 0 aliphatic heterocycles. The van der Waals surface area contributed by atoms with Gasteiger partial charge in [-0.05, 0) is 36.4 Å². The number of carbonyl (C=O) groups excluding carboxylic acids is 1. The number of hydrogen-bond donors (Lipinski definition) is 1. The molecule has 0 aliphatic rings. The molecule has 0 saturated carbocycles. The normalized spacial score (nSPS) is 10.9. The number of methoxy groups -OCH3 is 1. The molecule has 1 aromatic heterocycles. The van der Waals surface area contributed by atoms with Crippen LogP contribution in [0.4, 0.5) is 0 Å². The Hall–Kier alpha value is -2.76. The van der Waals surface area contributed by atoms with Gasteiger partial charge in [0.1, 0.15) is 11.5 Å². The molecule has 138 valence electrons. The van der Waals surface area contributed by atoms with Gasteiger partial charge in [-0.25, -0.2) is 4.79 Å². The fourth-order valence-electron chi connectivity index (χ4n) is 2.40. The Labute approximate surface area is 166 Å². The Morgan fingerprint density at radius 2 is 1.81 bits per heavy atom. The lowest BCUT2D eigenvalue weighted by atomic mass is 10.1. The van der Waals surface area contributed by atoms with Gasteiger partial charge in [0.2, 0.25) is 0 Å². The minimum absolute atomic E-state index is 0.376. The zero-order valence-corrected chi connectivity index (χ0v) is 15.9. The van der Waals surface area contributed by atoms with Gasteiger partial charge in [0.15, 0.2) is 0 Å². The lowest BCUT2D eigenvalue weighted by Gasteiger charge is -2.05. The Balaban J connectivity index is 1.62. The highest BCUT2D eigenvalue weighted by atomic mass is 35.5. The minimum Gasteiger partial charge on any atom is -0.465 e. The van der Waals surface area contributed by atoms with Crippen LogP contribution < -0.4 is 5.43 Å². The monoisotopic (exact) mass is 402 g/mol. The molecule has 3 rings (SSSR count). The largest absolute Gasteiger partial charge is 0.465 e. The van der Waals surface area contributed by atoms with Gasteiger partial charge in [0.05, 0.1) is 25.4 Å². The van der Waals surface area contributed by atoms with Gasteiger partial charge in [-0.1, -0.05) is 41.4 Å². The summed E-state index contributed by atoms with van der Waals surface area (Å²) < 4.78 is 10.4. The molecule has 0 unspecified atom stereocenters. The number of hydrogen-bond acceptors (Lipinski definition) is 5. The molecular weight excluding hydrogens is 387 g/mol. The molecule has 1 N–H and O–H groups in total. The number of halogens is 2. The lowest BCUT2D eigenvalue weighted by Crippen LogP contribution is -2.06. The number of benzene rings is 2.